The van der Waals surface area contributed by atoms with Gasteiger partial charge in [0.1, 0.15) is 0 Å². The summed E-state index contributed by atoms with van der Waals surface area (Å²) >= 11 is 0. The van der Waals surface area contributed by atoms with Gasteiger partial charge in [0.15, 0.2) is 0 Å². The van der Waals surface area contributed by atoms with Gasteiger partial charge in [-0.1, -0.05) is 196 Å². The summed E-state index contributed by atoms with van der Waals surface area (Å²) in [5, 5.41) is 0. The average Bonchev–Trinajstić information content (AvgIpc) is 3.72. The molecular weight excluding hydrogens is 711 g/mol. The molecule has 0 unspecified atom stereocenters. The van der Waals surface area contributed by atoms with Crippen molar-refractivity contribution < 1.29 is 0 Å². The highest BCUT2D eigenvalue weighted by Gasteiger charge is 2.46. The summed E-state index contributed by atoms with van der Waals surface area (Å²) < 4.78 is 0. The number of benzene rings is 9. The first-order valence-electron chi connectivity index (χ1n) is 20.7. The van der Waals surface area contributed by atoms with E-state index in [1.807, 2.05) is 0 Å². The molecule has 280 valence electrons. The number of hydrogen-bond acceptors (Lipinski definition) is 1. The zero-order chi connectivity index (χ0) is 39.6. The quantitative estimate of drug-likeness (QED) is 0.157. The molecule has 11 rings (SSSR count). The maximum absolute atomic E-state index is 2.50. The van der Waals surface area contributed by atoms with E-state index in [2.05, 4.69) is 243 Å². The van der Waals surface area contributed by atoms with Crippen LogP contribution in [-0.4, -0.2) is 0 Å². The Hall–Kier alpha value is -7.22. The fourth-order valence-corrected chi connectivity index (χ4v) is 10.2. The van der Waals surface area contributed by atoms with E-state index in [0.717, 1.165) is 17.1 Å². The van der Waals surface area contributed by atoms with E-state index in [0.29, 0.717) is 0 Å². The van der Waals surface area contributed by atoms with Crippen LogP contribution in [0.4, 0.5) is 17.1 Å². The summed E-state index contributed by atoms with van der Waals surface area (Å²) in [5.41, 5.74) is 20.5. The Bertz CT molecular complexity index is 2900. The topological polar surface area (TPSA) is 3.24 Å². The van der Waals surface area contributed by atoms with E-state index in [9.17, 15) is 0 Å². The Morgan fingerprint density at radius 1 is 0.288 bits per heavy atom. The van der Waals surface area contributed by atoms with Crippen molar-refractivity contribution in [2.24, 2.45) is 0 Å². The van der Waals surface area contributed by atoms with Gasteiger partial charge in [-0.3, -0.25) is 0 Å². The number of nitrogens with zero attached hydrogens (tertiary/aromatic N) is 1. The van der Waals surface area contributed by atoms with Crippen LogP contribution in [0.25, 0.3) is 44.5 Å². The largest absolute Gasteiger partial charge is 0.310 e. The third kappa shape index (κ3) is 5.46. The average molecular weight is 754 g/mol. The van der Waals surface area contributed by atoms with Gasteiger partial charge < -0.3 is 4.90 Å². The Morgan fingerprint density at radius 2 is 0.695 bits per heavy atom. The first-order valence-corrected chi connectivity index (χ1v) is 20.7. The van der Waals surface area contributed by atoms with E-state index in [4.69, 9.17) is 0 Å². The molecule has 0 heterocycles. The second-order valence-corrected chi connectivity index (χ2v) is 16.5. The third-order valence-electron chi connectivity index (χ3n) is 12.9. The molecule has 9 aromatic carbocycles. The zero-order valence-corrected chi connectivity index (χ0v) is 33.3. The van der Waals surface area contributed by atoms with Crippen molar-refractivity contribution in [1.29, 1.82) is 0 Å². The van der Waals surface area contributed by atoms with E-state index < -0.39 is 5.41 Å². The summed E-state index contributed by atoms with van der Waals surface area (Å²) in [6.07, 6.45) is 0. The van der Waals surface area contributed by atoms with Crippen molar-refractivity contribution in [2.45, 2.75) is 24.7 Å². The van der Waals surface area contributed by atoms with Gasteiger partial charge in [0.25, 0.3) is 0 Å². The lowest BCUT2D eigenvalue weighted by Crippen LogP contribution is -2.28. The Kier molecular flexibility index (Phi) is 8.13. The van der Waals surface area contributed by atoms with Gasteiger partial charge >= 0.3 is 0 Å². The van der Waals surface area contributed by atoms with E-state index >= 15 is 0 Å². The predicted molar refractivity (Wildman–Crippen MR) is 247 cm³/mol. The SMILES string of the molecule is CC1(C)c2ccccc2-c2ccc(N(c3cc(-c4ccccc4)cc(-c4ccccc4)c3)c3ccc4c(c3)C(c3ccccc3)(c3ccccc3)c3ccccc3-4)cc21. The Labute approximate surface area is 347 Å². The van der Waals surface area contributed by atoms with Crippen LogP contribution in [0.2, 0.25) is 0 Å². The third-order valence-corrected chi connectivity index (χ3v) is 12.9. The summed E-state index contributed by atoms with van der Waals surface area (Å²) in [6, 6.07) is 83.1. The molecule has 0 fully saturated rings. The fourth-order valence-electron chi connectivity index (χ4n) is 10.2. The smallest absolute Gasteiger partial charge is 0.0714 e. The van der Waals surface area contributed by atoms with Crippen molar-refractivity contribution in [3.63, 3.8) is 0 Å². The van der Waals surface area contributed by atoms with Crippen LogP contribution in [0.15, 0.2) is 224 Å². The molecule has 0 aliphatic heterocycles. The van der Waals surface area contributed by atoms with Gasteiger partial charge in [0.2, 0.25) is 0 Å². The van der Waals surface area contributed by atoms with Crippen molar-refractivity contribution in [3.8, 4) is 44.5 Å². The molecule has 0 amide bonds. The number of hydrogen-bond donors (Lipinski definition) is 0. The minimum Gasteiger partial charge on any atom is -0.310 e. The molecule has 0 saturated heterocycles. The second kappa shape index (κ2) is 13.7. The number of fused-ring (bicyclic) bond motifs is 6. The van der Waals surface area contributed by atoms with Crippen LogP contribution in [0, 0.1) is 0 Å². The molecule has 59 heavy (non-hydrogen) atoms. The van der Waals surface area contributed by atoms with Gasteiger partial charge in [-0.25, -0.2) is 0 Å². The minimum atomic E-state index is -0.515. The van der Waals surface area contributed by atoms with Gasteiger partial charge in [-0.2, -0.15) is 0 Å². The number of anilines is 3. The maximum atomic E-state index is 2.50. The lowest BCUT2D eigenvalue weighted by Gasteiger charge is -2.35. The minimum absolute atomic E-state index is 0.149. The molecule has 9 aromatic rings. The Morgan fingerprint density at radius 3 is 1.24 bits per heavy atom. The van der Waals surface area contributed by atoms with Gasteiger partial charge in [-0.15, -0.1) is 0 Å². The lowest BCUT2D eigenvalue weighted by atomic mass is 9.67. The van der Waals surface area contributed by atoms with Crippen molar-refractivity contribution >= 4 is 17.1 Å². The molecule has 0 N–H and O–H groups in total. The standard InChI is InChI=1S/C58H43N/c1-57(2)53-29-17-15-27-49(53)51-33-31-46(38-55(51)57)59(48-36-42(40-19-7-3-8-20-40)35-43(37-48)41-21-9-4-10-22-41)47-32-34-52-50-28-16-18-30-54(50)58(56(52)39-47,44-23-11-5-12-24-44)45-25-13-6-14-26-45/h3-39H,1-2H3. The molecule has 0 aromatic heterocycles. The van der Waals surface area contributed by atoms with Gasteiger partial charge in [0, 0.05) is 22.5 Å². The van der Waals surface area contributed by atoms with Crippen LogP contribution >= 0.6 is 0 Å². The number of rotatable bonds is 7. The van der Waals surface area contributed by atoms with Gasteiger partial charge in [0.05, 0.1) is 5.41 Å². The van der Waals surface area contributed by atoms with Crippen molar-refractivity contribution in [1.82, 2.24) is 0 Å². The monoisotopic (exact) mass is 753 g/mol. The maximum Gasteiger partial charge on any atom is 0.0714 e. The zero-order valence-electron chi connectivity index (χ0n) is 33.3. The van der Waals surface area contributed by atoms with Crippen LogP contribution in [-0.2, 0) is 10.8 Å². The first kappa shape index (κ1) is 35.0. The van der Waals surface area contributed by atoms with E-state index in [1.165, 1.54) is 77.9 Å². The molecule has 0 saturated carbocycles. The summed E-state index contributed by atoms with van der Waals surface area (Å²) in [7, 11) is 0. The highest BCUT2D eigenvalue weighted by Crippen LogP contribution is 2.58. The molecule has 1 heteroatoms. The van der Waals surface area contributed by atoms with Crippen LogP contribution in [0.1, 0.15) is 47.2 Å². The molecule has 0 spiro atoms. The molecule has 0 radical (unpaired) electrons. The summed E-state index contributed by atoms with van der Waals surface area (Å²) in [6.45, 7) is 4.74. The molecule has 0 atom stereocenters. The Balaban J connectivity index is 1.20. The molecule has 2 aliphatic rings. The van der Waals surface area contributed by atoms with Gasteiger partial charge in [-0.05, 0) is 120 Å². The first-order chi connectivity index (χ1) is 29.0. The van der Waals surface area contributed by atoms with Crippen LogP contribution < -0.4 is 4.90 Å². The fraction of sp³-hybridized carbons (Fsp3) is 0.0690. The predicted octanol–water partition coefficient (Wildman–Crippen LogP) is 15.2. The normalized spacial score (nSPS) is 13.9. The van der Waals surface area contributed by atoms with Crippen LogP contribution in [0.5, 0.6) is 0 Å². The molecule has 0 bridgehead atoms. The second-order valence-electron chi connectivity index (χ2n) is 16.5. The molecule has 1 nitrogen and oxygen atoms in total. The van der Waals surface area contributed by atoms with Crippen molar-refractivity contribution in [2.75, 3.05) is 4.90 Å². The summed E-state index contributed by atoms with van der Waals surface area (Å²) in [4.78, 5) is 2.50. The lowest BCUT2D eigenvalue weighted by molar-refractivity contribution is 0.660. The highest BCUT2D eigenvalue weighted by atomic mass is 15.1. The van der Waals surface area contributed by atoms with E-state index in [1.54, 1.807) is 0 Å². The van der Waals surface area contributed by atoms with Crippen LogP contribution in [0.3, 0.4) is 0 Å². The van der Waals surface area contributed by atoms with E-state index in [-0.39, 0.29) is 5.41 Å². The van der Waals surface area contributed by atoms with Crippen molar-refractivity contribution in [3.05, 3.63) is 258 Å². The highest BCUT2D eigenvalue weighted by molar-refractivity contribution is 5.92. The molecular formula is C58H43N. The summed E-state index contributed by atoms with van der Waals surface area (Å²) in [5.74, 6) is 0. The molecule has 2 aliphatic carbocycles.